The Hall–Kier alpha value is -7.17. The van der Waals surface area contributed by atoms with Crippen molar-refractivity contribution in [3.63, 3.8) is 0 Å². The van der Waals surface area contributed by atoms with Gasteiger partial charge in [-0.15, -0.1) is 0 Å². The molecule has 5 heterocycles. The number of hydrogen-bond donors (Lipinski definition) is 5. The second-order valence-corrected chi connectivity index (χ2v) is 21.3. The summed E-state index contributed by atoms with van der Waals surface area (Å²) in [6.45, 7) is 10.1. The van der Waals surface area contributed by atoms with E-state index in [1.54, 1.807) is 0 Å². The maximum absolute atomic E-state index is 13.7. The Labute approximate surface area is 436 Å². The van der Waals surface area contributed by atoms with Crippen molar-refractivity contribution in [3.8, 4) is 16.9 Å². The number of pyridine rings is 1. The molecule has 4 aromatic carbocycles. The smallest absolute Gasteiger partial charge is 0.355 e. The number of piperazine rings is 1. The minimum atomic E-state index is -1.10. The fourth-order valence-corrected chi connectivity index (χ4v) is 12.3. The van der Waals surface area contributed by atoms with Crippen LogP contribution in [0.5, 0.6) is 5.75 Å². The van der Waals surface area contributed by atoms with Crippen LogP contribution in [0.15, 0.2) is 84.9 Å². The van der Waals surface area contributed by atoms with Crippen LogP contribution in [0.25, 0.3) is 21.3 Å². The number of ether oxygens (including phenoxy) is 1. The highest BCUT2D eigenvalue weighted by Gasteiger charge is 2.33. The van der Waals surface area contributed by atoms with Crippen LogP contribution < -0.4 is 30.5 Å². The first kappa shape index (κ1) is 50.4. The quantitative estimate of drug-likeness (QED) is 0.0351. The SMILES string of the molecule is CNc1cc(N2CCN(CCCC[C@H]3CC[C@H](Oc4cccc(-c5ccc(N6CCc7cccc(C(=O)Nc8nc9ccccc9s8)c7C6)nc5C(=O)O)c4C)CC3)CC2)c(C)cc1C(=N)C1CCC(=O)NC1=O. The van der Waals surface area contributed by atoms with Crippen LogP contribution in [0.4, 0.5) is 22.3 Å². The molecule has 1 saturated carbocycles. The number of aromatic carboxylic acids is 1. The molecule has 0 bridgehead atoms. The number of anilines is 4. The first-order chi connectivity index (χ1) is 35.9. The number of nitrogens with one attached hydrogen (secondary N) is 4. The van der Waals surface area contributed by atoms with Crippen LogP contribution in [0.2, 0.25) is 0 Å². The van der Waals surface area contributed by atoms with E-state index in [0.29, 0.717) is 59.5 Å². The Morgan fingerprint density at radius 3 is 2.41 bits per heavy atom. The number of imide groups is 1. The zero-order chi connectivity index (χ0) is 51.5. The summed E-state index contributed by atoms with van der Waals surface area (Å²) in [5, 5.41) is 28.6. The molecule has 1 aliphatic carbocycles. The zero-order valence-corrected chi connectivity index (χ0v) is 43.3. The highest BCUT2D eigenvalue weighted by atomic mass is 32.1. The topological polar surface area (TPSA) is 193 Å². The van der Waals surface area contributed by atoms with Gasteiger partial charge in [-0.2, -0.15) is 0 Å². The molecule has 5 N–H and O–H groups in total. The summed E-state index contributed by atoms with van der Waals surface area (Å²) in [7, 11) is 1.84. The van der Waals surface area contributed by atoms with Gasteiger partial charge >= 0.3 is 5.97 Å². The largest absolute Gasteiger partial charge is 0.490 e. The predicted octanol–water partition coefficient (Wildman–Crippen LogP) is 9.88. The number of hydrogen-bond acceptors (Lipinski definition) is 13. The van der Waals surface area contributed by atoms with Gasteiger partial charge in [0.2, 0.25) is 11.8 Å². The standard InChI is InChI=1S/C58H65N9O6S/c1-35-32-44(53(59)43-22-24-52(68)63-56(43)70)47(60-3)33-48(35)66-30-28-65(29-31-66)26-7-6-10-37-17-19-39(20-18-37)73-49-15-9-12-40(36(49)2)41-21-23-51(62-54(41)57(71)72)67-27-25-38-11-8-13-42(45(38)34-67)55(69)64-58-61-46-14-4-5-16-50(46)74-58/h4-5,8-9,11-16,21,23,32-33,37,39,43,59-60H,6-7,10,17-20,22,24-31,34H2,1-3H3,(H,71,72)(H,61,64,69)(H,63,68,70)/t37-,39-,43?. The third-order valence-electron chi connectivity index (χ3n) is 15.6. The van der Waals surface area contributed by atoms with Crippen LogP contribution in [-0.2, 0) is 22.6 Å². The minimum Gasteiger partial charge on any atom is -0.490 e. The number of carbonyl (C=O) groups is 4. The van der Waals surface area contributed by atoms with Crippen LogP contribution in [0, 0.1) is 31.1 Å². The lowest BCUT2D eigenvalue weighted by molar-refractivity contribution is -0.134. The molecule has 384 valence electrons. The number of carboxylic acid groups (broad SMARTS) is 1. The number of thiazole rings is 1. The highest BCUT2D eigenvalue weighted by Crippen LogP contribution is 2.38. The van der Waals surface area contributed by atoms with Crippen molar-refractivity contribution in [2.24, 2.45) is 11.8 Å². The molecule has 3 aliphatic heterocycles. The van der Waals surface area contributed by atoms with E-state index in [9.17, 15) is 24.3 Å². The van der Waals surface area contributed by atoms with E-state index in [1.165, 1.54) is 30.6 Å². The normalized spacial score (nSPS) is 19.2. The summed E-state index contributed by atoms with van der Waals surface area (Å²) in [4.78, 5) is 67.2. The Morgan fingerprint density at radius 1 is 0.838 bits per heavy atom. The molecule has 3 fully saturated rings. The molecule has 15 nitrogen and oxygen atoms in total. The summed E-state index contributed by atoms with van der Waals surface area (Å²) >= 11 is 1.44. The van der Waals surface area contributed by atoms with Crippen molar-refractivity contribution in [3.05, 3.63) is 124 Å². The highest BCUT2D eigenvalue weighted by molar-refractivity contribution is 7.22. The summed E-state index contributed by atoms with van der Waals surface area (Å²) in [6, 6.07) is 27.3. The van der Waals surface area contributed by atoms with Crippen molar-refractivity contribution in [2.45, 2.75) is 90.7 Å². The number of carboxylic acids is 1. The Kier molecular flexibility index (Phi) is 15.1. The lowest BCUT2D eigenvalue weighted by Gasteiger charge is -2.37. The number of fused-ring (bicyclic) bond motifs is 2. The molecule has 2 saturated heterocycles. The lowest BCUT2D eigenvalue weighted by atomic mass is 9.84. The second-order valence-electron chi connectivity index (χ2n) is 20.3. The summed E-state index contributed by atoms with van der Waals surface area (Å²) in [5.41, 5.74) is 9.58. The number of carbonyl (C=O) groups excluding carboxylic acids is 3. The van der Waals surface area contributed by atoms with Gasteiger partial charge in [0.1, 0.15) is 11.6 Å². The summed E-state index contributed by atoms with van der Waals surface area (Å²) < 4.78 is 7.69. The molecule has 0 radical (unpaired) electrons. The van der Waals surface area contributed by atoms with Gasteiger partial charge in [-0.1, -0.05) is 60.6 Å². The third kappa shape index (κ3) is 10.9. The van der Waals surface area contributed by atoms with Crippen LogP contribution in [0.1, 0.15) is 106 Å². The van der Waals surface area contributed by atoms with E-state index in [2.05, 4.69) is 43.7 Å². The van der Waals surface area contributed by atoms with E-state index in [1.807, 2.05) is 97.7 Å². The van der Waals surface area contributed by atoms with Gasteiger partial charge in [0.15, 0.2) is 10.8 Å². The van der Waals surface area contributed by atoms with Gasteiger partial charge in [0, 0.05) is 80.8 Å². The van der Waals surface area contributed by atoms with E-state index in [0.717, 1.165) is 114 Å². The first-order valence-corrected chi connectivity index (χ1v) is 27.0. The maximum Gasteiger partial charge on any atom is 0.355 e. The van der Waals surface area contributed by atoms with Crippen molar-refractivity contribution in [1.29, 1.82) is 5.41 Å². The molecule has 16 heteroatoms. The van der Waals surface area contributed by atoms with E-state index < -0.39 is 11.9 Å². The monoisotopic (exact) mass is 1020 g/mol. The molecule has 74 heavy (non-hydrogen) atoms. The van der Waals surface area contributed by atoms with Crippen molar-refractivity contribution in [1.82, 2.24) is 20.2 Å². The molecule has 6 aromatic rings. The van der Waals surface area contributed by atoms with Gasteiger partial charge in [-0.05, 0) is 148 Å². The number of rotatable bonds is 16. The third-order valence-corrected chi connectivity index (χ3v) is 16.6. The minimum absolute atomic E-state index is 0.0211. The number of unbranched alkanes of at least 4 members (excludes halogenated alkanes) is 1. The van der Waals surface area contributed by atoms with Crippen LogP contribution in [0.3, 0.4) is 0 Å². The Morgan fingerprint density at radius 2 is 1.64 bits per heavy atom. The van der Waals surface area contributed by atoms with E-state index in [-0.39, 0.29) is 41.7 Å². The summed E-state index contributed by atoms with van der Waals surface area (Å²) in [5.74, 6) is -0.615. The average molecular weight is 1020 g/mol. The number of amides is 3. The first-order valence-electron chi connectivity index (χ1n) is 26.2. The number of aryl methyl sites for hydroxylation is 1. The van der Waals surface area contributed by atoms with Crippen LogP contribution >= 0.6 is 11.3 Å². The second kappa shape index (κ2) is 22.1. The summed E-state index contributed by atoms with van der Waals surface area (Å²) in [6.07, 6.45) is 9.25. The molecule has 1 atom stereocenters. The Balaban J connectivity index is 0.691. The molecule has 4 aliphatic rings. The Bertz CT molecular complexity index is 3090. The van der Waals surface area contributed by atoms with Crippen molar-refractivity contribution >= 4 is 73.3 Å². The predicted molar refractivity (Wildman–Crippen MR) is 292 cm³/mol. The fraction of sp³-hybridized carbons (Fsp3) is 0.397. The average Bonchev–Trinajstić information content (AvgIpc) is 3.83. The van der Waals surface area contributed by atoms with Crippen molar-refractivity contribution < 1.29 is 29.0 Å². The fourth-order valence-electron chi connectivity index (χ4n) is 11.4. The number of nitrogens with zero attached hydrogens (tertiary/aromatic N) is 5. The number of aromatic nitrogens is 2. The van der Waals surface area contributed by atoms with Gasteiger partial charge in [-0.25, -0.2) is 14.8 Å². The van der Waals surface area contributed by atoms with Gasteiger partial charge in [-0.3, -0.25) is 29.9 Å². The molecule has 1 unspecified atom stereocenters. The van der Waals surface area contributed by atoms with Gasteiger partial charge < -0.3 is 30.4 Å². The maximum atomic E-state index is 13.7. The van der Waals surface area contributed by atoms with Gasteiger partial charge in [0.25, 0.3) is 5.91 Å². The molecule has 10 rings (SSSR count). The van der Waals surface area contributed by atoms with Crippen LogP contribution in [-0.4, -0.2) is 102 Å². The molecule has 3 amide bonds. The number of para-hydroxylation sites is 1. The van der Waals surface area contributed by atoms with E-state index in [4.69, 9.17) is 15.1 Å². The number of piperidine rings is 1. The molecular weight excluding hydrogens is 951 g/mol. The lowest BCUT2D eigenvalue weighted by Crippen LogP contribution is -2.47. The van der Waals surface area contributed by atoms with Crippen molar-refractivity contribution in [2.75, 3.05) is 66.7 Å². The zero-order valence-electron chi connectivity index (χ0n) is 42.5. The molecular formula is C58H65N9O6S. The molecule has 2 aromatic heterocycles. The molecule has 0 spiro atoms. The number of benzene rings is 4. The van der Waals surface area contributed by atoms with Gasteiger partial charge in [0.05, 0.1) is 28.0 Å². The van der Waals surface area contributed by atoms with E-state index >= 15 is 0 Å².